The average molecular weight is 235 g/mol. The summed E-state index contributed by atoms with van der Waals surface area (Å²) >= 11 is 0. The van der Waals surface area contributed by atoms with Crippen molar-refractivity contribution >= 4 is 5.97 Å². The molecule has 0 amide bonds. The van der Waals surface area contributed by atoms with E-state index in [0.29, 0.717) is 6.61 Å². The summed E-state index contributed by atoms with van der Waals surface area (Å²) in [6, 6.07) is 9.31. The predicted octanol–water partition coefficient (Wildman–Crippen LogP) is 2.59. The average Bonchev–Trinajstić information content (AvgIpc) is 2.35. The minimum absolute atomic E-state index is 0.361. The molecule has 0 fully saturated rings. The maximum atomic E-state index is 11.9. The summed E-state index contributed by atoms with van der Waals surface area (Å²) in [6.07, 6.45) is 3.07. The summed E-state index contributed by atoms with van der Waals surface area (Å²) in [6.45, 7) is 4.25. The van der Waals surface area contributed by atoms with Crippen LogP contribution < -0.4 is 5.73 Å². The molecule has 1 rings (SSSR count). The summed E-state index contributed by atoms with van der Waals surface area (Å²) in [7, 11) is 0. The van der Waals surface area contributed by atoms with Crippen LogP contribution in [-0.2, 0) is 15.1 Å². The minimum Gasteiger partial charge on any atom is -0.464 e. The zero-order valence-electron chi connectivity index (χ0n) is 10.6. The molecule has 1 aromatic rings. The van der Waals surface area contributed by atoms with Crippen molar-refractivity contribution in [1.29, 1.82) is 0 Å². The molecule has 0 spiro atoms. The molecule has 2 N–H and O–H groups in total. The molecule has 17 heavy (non-hydrogen) atoms. The molecule has 1 atom stereocenters. The molecule has 1 unspecified atom stereocenters. The molecule has 0 aliphatic heterocycles. The Kier molecular flexibility index (Phi) is 5.16. The van der Waals surface area contributed by atoms with Crippen LogP contribution in [0, 0.1) is 0 Å². The van der Waals surface area contributed by atoms with Gasteiger partial charge in [-0.2, -0.15) is 0 Å². The Bertz CT molecular complexity index is 346. The van der Waals surface area contributed by atoms with Crippen molar-refractivity contribution in [3.05, 3.63) is 35.9 Å². The number of benzene rings is 1. The molecule has 0 heterocycles. The Morgan fingerprint density at radius 1 is 1.29 bits per heavy atom. The van der Waals surface area contributed by atoms with Crippen molar-refractivity contribution in [2.24, 2.45) is 5.73 Å². The summed E-state index contributed by atoms with van der Waals surface area (Å²) in [4.78, 5) is 11.9. The lowest BCUT2D eigenvalue weighted by Crippen LogP contribution is -2.43. The fraction of sp³-hybridized carbons (Fsp3) is 0.500. The second-order valence-electron chi connectivity index (χ2n) is 4.41. The largest absolute Gasteiger partial charge is 0.464 e. The number of carbonyl (C=O) groups is 1. The van der Waals surface area contributed by atoms with Gasteiger partial charge in [0.2, 0.25) is 0 Å². The molecule has 0 aromatic heterocycles. The van der Waals surface area contributed by atoms with Crippen LogP contribution >= 0.6 is 0 Å². The summed E-state index contributed by atoms with van der Waals surface area (Å²) < 4.78 is 5.20. The lowest BCUT2D eigenvalue weighted by molar-refractivity contribution is -0.150. The highest BCUT2D eigenvalue weighted by atomic mass is 16.5. The van der Waals surface area contributed by atoms with E-state index in [-0.39, 0.29) is 5.97 Å². The molecule has 94 valence electrons. The highest BCUT2D eigenvalue weighted by Gasteiger charge is 2.31. The third-order valence-electron chi connectivity index (χ3n) is 2.78. The van der Waals surface area contributed by atoms with E-state index in [9.17, 15) is 4.79 Å². The van der Waals surface area contributed by atoms with Gasteiger partial charge in [-0.3, -0.25) is 0 Å². The fourth-order valence-electron chi connectivity index (χ4n) is 1.57. The van der Waals surface area contributed by atoms with E-state index in [2.05, 4.69) is 6.92 Å². The Labute approximate surface area is 103 Å². The monoisotopic (exact) mass is 235 g/mol. The van der Waals surface area contributed by atoms with Gasteiger partial charge in [-0.15, -0.1) is 0 Å². The van der Waals surface area contributed by atoms with Gasteiger partial charge < -0.3 is 10.5 Å². The summed E-state index contributed by atoms with van der Waals surface area (Å²) in [5, 5.41) is 0. The second kappa shape index (κ2) is 6.40. The molecule has 0 saturated heterocycles. The number of hydrogen-bond acceptors (Lipinski definition) is 3. The Balaban J connectivity index is 2.55. The van der Waals surface area contributed by atoms with Crippen LogP contribution in [0.25, 0.3) is 0 Å². The highest BCUT2D eigenvalue weighted by molar-refractivity contribution is 5.81. The second-order valence-corrected chi connectivity index (χ2v) is 4.41. The molecule has 0 aliphatic carbocycles. The van der Waals surface area contributed by atoms with E-state index >= 15 is 0 Å². The van der Waals surface area contributed by atoms with Crippen molar-refractivity contribution in [2.45, 2.75) is 38.6 Å². The number of esters is 1. The van der Waals surface area contributed by atoms with E-state index < -0.39 is 5.54 Å². The van der Waals surface area contributed by atoms with E-state index in [1.165, 1.54) is 0 Å². The minimum atomic E-state index is -1.06. The van der Waals surface area contributed by atoms with Gasteiger partial charge in [-0.1, -0.05) is 50.1 Å². The van der Waals surface area contributed by atoms with E-state index in [0.717, 1.165) is 24.8 Å². The van der Waals surface area contributed by atoms with Crippen molar-refractivity contribution < 1.29 is 9.53 Å². The van der Waals surface area contributed by atoms with Crippen LogP contribution in [0.4, 0.5) is 0 Å². The summed E-state index contributed by atoms with van der Waals surface area (Å²) in [5.41, 5.74) is 5.74. The standard InChI is InChI=1S/C14H21NO2/c1-3-4-8-11-17-13(16)14(2,15)12-9-6-5-7-10-12/h5-7,9-10H,3-4,8,11,15H2,1-2H3. The Hall–Kier alpha value is -1.35. The van der Waals surface area contributed by atoms with Gasteiger partial charge in [0.25, 0.3) is 0 Å². The van der Waals surface area contributed by atoms with Gasteiger partial charge in [-0.25, -0.2) is 4.79 Å². The third-order valence-corrected chi connectivity index (χ3v) is 2.78. The number of nitrogens with two attached hydrogens (primary N) is 1. The zero-order valence-corrected chi connectivity index (χ0v) is 10.6. The van der Waals surface area contributed by atoms with Gasteiger partial charge >= 0.3 is 5.97 Å². The van der Waals surface area contributed by atoms with Crippen LogP contribution in [-0.4, -0.2) is 12.6 Å². The van der Waals surface area contributed by atoms with Gasteiger partial charge in [0.05, 0.1) is 6.61 Å². The first-order valence-corrected chi connectivity index (χ1v) is 6.10. The van der Waals surface area contributed by atoms with Crippen molar-refractivity contribution in [1.82, 2.24) is 0 Å². The zero-order chi connectivity index (χ0) is 12.7. The SMILES string of the molecule is CCCCCOC(=O)C(C)(N)c1ccccc1. The summed E-state index contributed by atoms with van der Waals surface area (Å²) in [5.74, 6) is -0.361. The van der Waals surface area contributed by atoms with Crippen LogP contribution in [0.3, 0.4) is 0 Å². The van der Waals surface area contributed by atoms with Gasteiger partial charge in [0.1, 0.15) is 5.54 Å². The Morgan fingerprint density at radius 2 is 1.94 bits per heavy atom. The number of rotatable bonds is 6. The van der Waals surface area contributed by atoms with Crippen LogP contribution in [0.2, 0.25) is 0 Å². The maximum absolute atomic E-state index is 11.9. The highest BCUT2D eigenvalue weighted by Crippen LogP contribution is 2.19. The van der Waals surface area contributed by atoms with Crippen LogP contribution in [0.1, 0.15) is 38.7 Å². The molecule has 0 saturated carbocycles. The fourth-order valence-corrected chi connectivity index (χ4v) is 1.57. The number of carbonyl (C=O) groups excluding carboxylic acids is 1. The van der Waals surface area contributed by atoms with Crippen molar-refractivity contribution in [3.8, 4) is 0 Å². The first-order valence-electron chi connectivity index (χ1n) is 6.10. The number of unbranched alkanes of at least 4 members (excludes halogenated alkanes) is 2. The molecule has 1 aromatic carbocycles. The van der Waals surface area contributed by atoms with E-state index in [1.54, 1.807) is 6.92 Å². The number of hydrogen-bond donors (Lipinski definition) is 1. The maximum Gasteiger partial charge on any atom is 0.330 e. The van der Waals surface area contributed by atoms with Crippen LogP contribution in [0.15, 0.2) is 30.3 Å². The molecule has 3 heteroatoms. The van der Waals surface area contributed by atoms with Crippen molar-refractivity contribution in [2.75, 3.05) is 6.61 Å². The topological polar surface area (TPSA) is 52.3 Å². The van der Waals surface area contributed by atoms with E-state index in [1.807, 2.05) is 30.3 Å². The lowest BCUT2D eigenvalue weighted by Gasteiger charge is -2.22. The molecular weight excluding hydrogens is 214 g/mol. The van der Waals surface area contributed by atoms with E-state index in [4.69, 9.17) is 10.5 Å². The molecule has 0 radical (unpaired) electrons. The van der Waals surface area contributed by atoms with Gasteiger partial charge in [0, 0.05) is 0 Å². The van der Waals surface area contributed by atoms with Gasteiger partial charge in [0.15, 0.2) is 0 Å². The molecular formula is C14H21NO2. The first kappa shape index (κ1) is 13.7. The number of ether oxygens (including phenoxy) is 1. The predicted molar refractivity (Wildman–Crippen MR) is 68.5 cm³/mol. The molecule has 0 aliphatic rings. The Morgan fingerprint density at radius 3 is 2.53 bits per heavy atom. The van der Waals surface area contributed by atoms with Gasteiger partial charge in [-0.05, 0) is 18.9 Å². The quantitative estimate of drug-likeness (QED) is 0.609. The molecule has 0 bridgehead atoms. The van der Waals surface area contributed by atoms with Crippen LogP contribution in [0.5, 0.6) is 0 Å². The first-order chi connectivity index (χ1) is 8.09. The lowest BCUT2D eigenvalue weighted by atomic mass is 9.93. The van der Waals surface area contributed by atoms with Crippen molar-refractivity contribution in [3.63, 3.8) is 0 Å². The smallest absolute Gasteiger partial charge is 0.330 e. The normalized spacial score (nSPS) is 14.1. The third kappa shape index (κ3) is 3.86. The molecule has 3 nitrogen and oxygen atoms in total.